The van der Waals surface area contributed by atoms with Gasteiger partial charge in [-0.05, 0) is 25.0 Å². The van der Waals surface area contributed by atoms with Crippen molar-refractivity contribution in [3.05, 3.63) is 77.6 Å². The molecule has 0 bridgehead atoms. The average Bonchev–Trinajstić information content (AvgIpc) is 3.41. The minimum Gasteiger partial charge on any atom is -0.294 e. The van der Waals surface area contributed by atoms with Gasteiger partial charge in [0.25, 0.3) is 0 Å². The van der Waals surface area contributed by atoms with E-state index < -0.39 is 0 Å². The third-order valence-corrected chi connectivity index (χ3v) is 4.39. The van der Waals surface area contributed by atoms with E-state index in [2.05, 4.69) is 10.1 Å². The SMILES string of the molecule is O=C(CCc1nc(C2CC2)nn1-c1ccccc1F)c1ccccc1. The van der Waals surface area contributed by atoms with Gasteiger partial charge in [0.15, 0.2) is 11.6 Å². The van der Waals surface area contributed by atoms with E-state index in [0.717, 1.165) is 18.7 Å². The summed E-state index contributed by atoms with van der Waals surface area (Å²) in [5.74, 6) is 1.47. The van der Waals surface area contributed by atoms with E-state index in [1.807, 2.05) is 18.2 Å². The van der Waals surface area contributed by atoms with Gasteiger partial charge in [-0.15, -0.1) is 0 Å². The molecule has 5 heteroatoms. The minimum absolute atomic E-state index is 0.0525. The molecule has 0 amide bonds. The van der Waals surface area contributed by atoms with Gasteiger partial charge in [-0.1, -0.05) is 42.5 Å². The number of ketones is 1. The highest BCUT2D eigenvalue weighted by molar-refractivity contribution is 5.96. The van der Waals surface area contributed by atoms with Crippen molar-refractivity contribution in [2.75, 3.05) is 0 Å². The van der Waals surface area contributed by atoms with E-state index in [0.29, 0.717) is 35.8 Å². The van der Waals surface area contributed by atoms with Crippen molar-refractivity contribution in [1.29, 1.82) is 0 Å². The van der Waals surface area contributed by atoms with E-state index in [4.69, 9.17) is 0 Å². The molecule has 2 aromatic carbocycles. The third kappa shape index (κ3) is 3.36. The van der Waals surface area contributed by atoms with Gasteiger partial charge in [-0.2, -0.15) is 5.10 Å². The van der Waals surface area contributed by atoms with Crippen LogP contribution < -0.4 is 0 Å². The van der Waals surface area contributed by atoms with Crippen LogP contribution in [0.1, 0.15) is 47.2 Å². The highest BCUT2D eigenvalue weighted by atomic mass is 19.1. The van der Waals surface area contributed by atoms with Crippen molar-refractivity contribution in [2.45, 2.75) is 31.6 Å². The van der Waals surface area contributed by atoms with Gasteiger partial charge < -0.3 is 0 Å². The van der Waals surface area contributed by atoms with Crippen LogP contribution in [0.5, 0.6) is 0 Å². The first kappa shape index (κ1) is 15.7. The zero-order chi connectivity index (χ0) is 17.2. The molecule has 0 N–H and O–H groups in total. The van der Waals surface area contributed by atoms with Gasteiger partial charge in [0, 0.05) is 24.3 Å². The van der Waals surface area contributed by atoms with Crippen molar-refractivity contribution in [1.82, 2.24) is 14.8 Å². The molecule has 0 aliphatic heterocycles. The van der Waals surface area contributed by atoms with Gasteiger partial charge in [0.1, 0.15) is 17.3 Å². The number of carbonyl (C=O) groups is 1. The number of carbonyl (C=O) groups excluding carboxylic acids is 1. The smallest absolute Gasteiger partial charge is 0.163 e. The Bertz CT molecular complexity index is 900. The highest BCUT2D eigenvalue weighted by Gasteiger charge is 2.29. The van der Waals surface area contributed by atoms with Crippen LogP contribution in [-0.2, 0) is 6.42 Å². The number of hydrogen-bond acceptors (Lipinski definition) is 3. The fraction of sp³-hybridized carbons (Fsp3) is 0.250. The Morgan fingerprint density at radius 2 is 1.80 bits per heavy atom. The van der Waals surface area contributed by atoms with Crippen LogP contribution in [0.15, 0.2) is 54.6 Å². The Hall–Kier alpha value is -2.82. The molecule has 4 rings (SSSR count). The molecule has 1 heterocycles. The van der Waals surface area contributed by atoms with Crippen molar-refractivity contribution in [3.8, 4) is 5.69 Å². The zero-order valence-corrected chi connectivity index (χ0v) is 13.7. The number of para-hydroxylation sites is 1. The summed E-state index contributed by atoms with van der Waals surface area (Å²) >= 11 is 0. The lowest BCUT2D eigenvalue weighted by Crippen LogP contribution is -2.08. The molecule has 1 aromatic heterocycles. The van der Waals surface area contributed by atoms with Gasteiger partial charge in [-0.3, -0.25) is 4.79 Å². The molecular formula is C20H18FN3O. The molecular weight excluding hydrogens is 317 g/mol. The zero-order valence-electron chi connectivity index (χ0n) is 13.7. The Morgan fingerprint density at radius 1 is 1.08 bits per heavy atom. The molecule has 0 unspecified atom stereocenters. The summed E-state index contributed by atoms with van der Waals surface area (Å²) in [6, 6.07) is 15.7. The summed E-state index contributed by atoms with van der Waals surface area (Å²) in [6.45, 7) is 0. The number of hydrogen-bond donors (Lipinski definition) is 0. The first-order chi connectivity index (χ1) is 12.2. The topological polar surface area (TPSA) is 47.8 Å². The van der Waals surface area contributed by atoms with Gasteiger partial charge >= 0.3 is 0 Å². The van der Waals surface area contributed by atoms with E-state index in [-0.39, 0.29) is 11.6 Å². The fourth-order valence-corrected chi connectivity index (χ4v) is 2.85. The number of rotatable bonds is 6. The van der Waals surface area contributed by atoms with E-state index >= 15 is 0 Å². The second-order valence-electron chi connectivity index (χ2n) is 6.31. The van der Waals surface area contributed by atoms with Crippen LogP contribution in [0.4, 0.5) is 4.39 Å². The molecule has 4 nitrogen and oxygen atoms in total. The molecule has 25 heavy (non-hydrogen) atoms. The van der Waals surface area contributed by atoms with Gasteiger partial charge in [0.2, 0.25) is 0 Å². The minimum atomic E-state index is -0.342. The Balaban J connectivity index is 1.60. The van der Waals surface area contributed by atoms with Crippen LogP contribution >= 0.6 is 0 Å². The number of benzene rings is 2. The molecule has 0 spiro atoms. The van der Waals surface area contributed by atoms with E-state index in [9.17, 15) is 9.18 Å². The van der Waals surface area contributed by atoms with Gasteiger partial charge in [-0.25, -0.2) is 14.1 Å². The lowest BCUT2D eigenvalue weighted by molar-refractivity contribution is 0.0982. The highest BCUT2D eigenvalue weighted by Crippen LogP contribution is 2.38. The summed E-state index contributed by atoms with van der Waals surface area (Å²) in [4.78, 5) is 16.9. The lowest BCUT2D eigenvalue weighted by Gasteiger charge is -2.06. The predicted octanol–water partition coefficient (Wildman–Crippen LogP) is 4.10. The van der Waals surface area contributed by atoms with Crippen LogP contribution in [0.25, 0.3) is 5.69 Å². The fourth-order valence-electron chi connectivity index (χ4n) is 2.85. The summed E-state index contributed by atoms with van der Waals surface area (Å²) in [5, 5.41) is 4.51. The van der Waals surface area contributed by atoms with Crippen molar-refractivity contribution < 1.29 is 9.18 Å². The van der Waals surface area contributed by atoms with Crippen LogP contribution in [0.3, 0.4) is 0 Å². The normalized spacial score (nSPS) is 13.8. The number of halogens is 1. The molecule has 126 valence electrons. The van der Waals surface area contributed by atoms with Crippen LogP contribution in [0, 0.1) is 5.82 Å². The van der Waals surface area contributed by atoms with Crippen LogP contribution in [0.2, 0.25) is 0 Å². The maximum Gasteiger partial charge on any atom is 0.163 e. The first-order valence-corrected chi connectivity index (χ1v) is 8.51. The molecule has 1 aliphatic carbocycles. The Kier molecular flexibility index (Phi) is 4.14. The molecule has 0 atom stereocenters. The number of aromatic nitrogens is 3. The molecule has 1 aliphatic rings. The van der Waals surface area contributed by atoms with Crippen molar-refractivity contribution in [3.63, 3.8) is 0 Å². The number of Topliss-reactive ketones (excluding diaryl/α,β-unsaturated/α-hetero) is 1. The number of nitrogens with zero attached hydrogens (tertiary/aromatic N) is 3. The molecule has 1 saturated carbocycles. The maximum absolute atomic E-state index is 14.2. The third-order valence-electron chi connectivity index (χ3n) is 4.39. The van der Waals surface area contributed by atoms with E-state index in [1.54, 1.807) is 35.0 Å². The quantitative estimate of drug-likeness (QED) is 0.637. The molecule has 0 saturated heterocycles. The molecule has 1 fully saturated rings. The van der Waals surface area contributed by atoms with Crippen molar-refractivity contribution in [2.24, 2.45) is 0 Å². The predicted molar refractivity (Wildman–Crippen MR) is 92.4 cm³/mol. The lowest BCUT2D eigenvalue weighted by atomic mass is 10.1. The van der Waals surface area contributed by atoms with Gasteiger partial charge in [0.05, 0.1) is 0 Å². The van der Waals surface area contributed by atoms with Crippen LogP contribution in [-0.4, -0.2) is 20.5 Å². The summed E-state index contributed by atoms with van der Waals surface area (Å²) in [5.41, 5.74) is 1.06. The standard InChI is InChI=1S/C20H18FN3O/c21-16-8-4-5-9-17(16)24-19(22-20(23-24)15-10-11-15)13-12-18(25)14-6-2-1-3-7-14/h1-9,15H,10-13H2. The second kappa shape index (κ2) is 6.59. The average molecular weight is 335 g/mol. The maximum atomic E-state index is 14.2. The summed E-state index contributed by atoms with van der Waals surface area (Å²) in [6.07, 6.45) is 2.90. The summed E-state index contributed by atoms with van der Waals surface area (Å²) in [7, 11) is 0. The number of aryl methyl sites for hydroxylation is 1. The molecule has 3 aromatic rings. The van der Waals surface area contributed by atoms with Crippen molar-refractivity contribution >= 4 is 5.78 Å². The first-order valence-electron chi connectivity index (χ1n) is 8.51. The second-order valence-corrected chi connectivity index (χ2v) is 6.31. The monoisotopic (exact) mass is 335 g/mol. The summed E-state index contributed by atoms with van der Waals surface area (Å²) < 4.78 is 15.7. The molecule has 0 radical (unpaired) electrons. The Morgan fingerprint density at radius 3 is 2.52 bits per heavy atom. The van der Waals surface area contributed by atoms with E-state index in [1.165, 1.54) is 6.07 Å². The largest absolute Gasteiger partial charge is 0.294 e. The Labute approximate surface area is 145 Å².